The summed E-state index contributed by atoms with van der Waals surface area (Å²) in [5.74, 6) is 1.47. The summed E-state index contributed by atoms with van der Waals surface area (Å²) in [4.78, 5) is 4.42. The molecule has 0 aliphatic heterocycles. The summed E-state index contributed by atoms with van der Waals surface area (Å²) in [6.45, 7) is 4.14. The number of hydrogen-bond donors (Lipinski definition) is 0. The second kappa shape index (κ2) is 4.79. The van der Waals surface area contributed by atoms with Crippen LogP contribution in [0.3, 0.4) is 0 Å². The molecule has 2 heteroatoms. The first-order chi connectivity index (χ1) is 7.79. The molecule has 2 nitrogen and oxygen atoms in total. The van der Waals surface area contributed by atoms with Gasteiger partial charge in [-0.1, -0.05) is 31.2 Å². The quantitative estimate of drug-likeness (QED) is 0.774. The summed E-state index contributed by atoms with van der Waals surface area (Å²) in [6, 6.07) is 13.7. The highest BCUT2D eigenvalue weighted by Crippen LogP contribution is 2.20. The molecule has 0 unspecified atom stereocenters. The Morgan fingerprint density at radius 3 is 2.44 bits per heavy atom. The third kappa shape index (κ3) is 2.40. The van der Waals surface area contributed by atoms with Crippen LogP contribution in [0.2, 0.25) is 0 Å². The molecule has 0 fully saturated rings. The van der Waals surface area contributed by atoms with Crippen LogP contribution in [0, 0.1) is 6.92 Å². The van der Waals surface area contributed by atoms with E-state index < -0.39 is 0 Å². The number of nitrogens with zero attached hydrogens (tertiary/aromatic N) is 1. The van der Waals surface area contributed by atoms with Crippen molar-refractivity contribution in [1.29, 1.82) is 0 Å². The van der Waals surface area contributed by atoms with Gasteiger partial charge in [-0.15, -0.1) is 0 Å². The van der Waals surface area contributed by atoms with Gasteiger partial charge < -0.3 is 4.74 Å². The predicted octanol–water partition coefficient (Wildman–Crippen LogP) is 3.74. The third-order valence-corrected chi connectivity index (χ3v) is 2.52. The number of hydrogen-bond acceptors (Lipinski definition) is 2. The number of benzene rings is 1. The lowest BCUT2D eigenvalue weighted by atomic mass is 10.1. The van der Waals surface area contributed by atoms with Crippen molar-refractivity contribution in [2.24, 2.45) is 0 Å². The monoisotopic (exact) mass is 213 g/mol. The van der Waals surface area contributed by atoms with Crippen LogP contribution < -0.4 is 4.74 Å². The molecule has 1 heterocycles. The zero-order valence-corrected chi connectivity index (χ0v) is 9.60. The second-order valence-corrected chi connectivity index (χ2v) is 3.66. The fourth-order valence-corrected chi connectivity index (χ4v) is 1.61. The van der Waals surface area contributed by atoms with Crippen molar-refractivity contribution < 1.29 is 4.74 Å². The van der Waals surface area contributed by atoms with E-state index in [9.17, 15) is 0 Å². The van der Waals surface area contributed by atoms with Crippen molar-refractivity contribution in [2.75, 3.05) is 0 Å². The molecule has 1 aromatic carbocycles. The van der Waals surface area contributed by atoms with Gasteiger partial charge in [0.1, 0.15) is 5.75 Å². The Labute approximate surface area is 95.9 Å². The minimum atomic E-state index is 0.654. The molecule has 1 aromatic heterocycles. The molecule has 0 saturated carbocycles. The average molecular weight is 213 g/mol. The standard InChI is InChI=1S/C14H15NO/c1-3-12-9-10-14(15-11(12)2)16-13-7-5-4-6-8-13/h4-10H,3H2,1-2H3. The normalized spacial score (nSPS) is 10.1. The highest BCUT2D eigenvalue weighted by Gasteiger charge is 2.01. The molecule has 0 aliphatic rings. The predicted molar refractivity (Wildman–Crippen MR) is 64.9 cm³/mol. The first kappa shape index (κ1) is 10.7. The summed E-state index contributed by atoms with van der Waals surface area (Å²) in [6.07, 6.45) is 1.00. The highest BCUT2D eigenvalue weighted by atomic mass is 16.5. The van der Waals surface area contributed by atoms with Crippen LogP contribution >= 0.6 is 0 Å². The number of aryl methyl sites for hydroxylation is 2. The maximum Gasteiger partial charge on any atom is 0.219 e. The van der Waals surface area contributed by atoms with E-state index in [0.717, 1.165) is 17.9 Å². The van der Waals surface area contributed by atoms with Crippen LogP contribution in [0.4, 0.5) is 0 Å². The van der Waals surface area contributed by atoms with Gasteiger partial charge in [-0.2, -0.15) is 0 Å². The maximum atomic E-state index is 5.65. The van der Waals surface area contributed by atoms with Gasteiger partial charge in [0.2, 0.25) is 5.88 Å². The van der Waals surface area contributed by atoms with E-state index in [1.807, 2.05) is 43.3 Å². The van der Waals surface area contributed by atoms with Gasteiger partial charge >= 0.3 is 0 Å². The molecular formula is C14H15NO. The van der Waals surface area contributed by atoms with Crippen molar-refractivity contribution in [2.45, 2.75) is 20.3 Å². The molecule has 0 N–H and O–H groups in total. The van der Waals surface area contributed by atoms with Crippen LogP contribution in [0.15, 0.2) is 42.5 Å². The Morgan fingerprint density at radius 2 is 1.81 bits per heavy atom. The Balaban J connectivity index is 2.20. The summed E-state index contributed by atoms with van der Waals surface area (Å²) in [7, 11) is 0. The molecule has 0 amide bonds. The number of aromatic nitrogens is 1. The zero-order valence-electron chi connectivity index (χ0n) is 9.60. The van der Waals surface area contributed by atoms with E-state index >= 15 is 0 Å². The van der Waals surface area contributed by atoms with Crippen LogP contribution in [-0.4, -0.2) is 4.98 Å². The second-order valence-electron chi connectivity index (χ2n) is 3.66. The van der Waals surface area contributed by atoms with Crippen LogP contribution in [0.1, 0.15) is 18.2 Å². The Hall–Kier alpha value is -1.83. The van der Waals surface area contributed by atoms with Gasteiger partial charge in [0.15, 0.2) is 0 Å². The lowest BCUT2D eigenvalue weighted by Gasteiger charge is -2.07. The zero-order chi connectivity index (χ0) is 11.4. The van der Waals surface area contributed by atoms with Gasteiger partial charge in [0.05, 0.1) is 0 Å². The fourth-order valence-electron chi connectivity index (χ4n) is 1.61. The fraction of sp³-hybridized carbons (Fsp3) is 0.214. The molecule has 0 spiro atoms. The number of rotatable bonds is 3. The summed E-state index contributed by atoms with van der Waals surface area (Å²) in [5.41, 5.74) is 2.30. The van der Waals surface area contributed by atoms with Crippen molar-refractivity contribution in [3.63, 3.8) is 0 Å². The molecule has 82 valence electrons. The lowest BCUT2D eigenvalue weighted by molar-refractivity contribution is 0.461. The largest absolute Gasteiger partial charge is 0.439 e. The first-order valence-corrected chi connectivity index (χ1v) is 5.49. The van der Waals surface area contributed by atoms with Gasteiger partial charge in [0.25, 0.3) is 0 Å². The minimum Gasteiger partial charge on any atom is -0.439 e. The van der Waals surface area contributed by atoms with E-state index in [1.165, 1.54) is 5.56 Å². The first-order valence-electron chi connectivity index (χ1n) is 5.49. The summed E-state index contributed by atoms with van der Waals surface area (Å²) in [5, 5.41) is 0. The SMILES string of the molecule is CCc1ccc(Oc2ccccc2)nc1C. The lowest BCUT2D eigenvalue weighted by Crippen LogP contribution is -1.94. The molecule has 0 bridgehead atoms. The van der Waals surface area contributed by atoms with E-state index in [4.69, 9.17) is 4.74 Å². The van der Waals surface area contributed by atoms with Crippen molar-refractivity contribution in [1.82, 2.24) is 4.98 Å². The van der Waals surface area contributed by atoms with Crippen LogP contribution in [-0.2, 0) is 6.42 Å². The highest BCUT2D eigenvalue weighted by molar-refractivity contribution is 5.30. The van der Waals surface area contributed by atoms with E-state index in [-0.39, 0.29) is 0 Å². The molecule has 2 aromatic rings. The maximum absolute atomic E-state index is 5.65. The molecule has 0 atom stereocenters. The van der Waals surface area contributed by atoms with Crippen molar-refractivity contribution in [3.05, 3.63) is 53.7 Å². The van der Waals surface area contributed by atoms with E-state index in [0.29, 0.717) is 5.88 Å². The Bertz CT molecular complexity index is 465. The van der Waals surface area contributed by atoms with Gasteiger partial charge in [-0.05, 0) is 31.0 Å². The third-order valence-electron chi connectivity index (χ3n) is 2.52. The number of para-hydroxylation sites is 1. The van der Waals surface area contributed by atoms with Crippen LogP contribution in [0.25, 0.3) is 0 Å². The molecule has 0 saturated heterocycles. The number of pyridine rings is 1. The van der Waals surface area contributed by atoms with Crippen LogP contribution in [0.5, 0.6) is 11.6 Å². The smallest absolute Gasteiger partial charge is 0.219 e. The number of ether oxygens (including phenoxy) is 1. The Morgan fingerprint density at radius 1 is 1.06 bits per heavy atom. The van der Waals surface area contributed by atoms with Gasteiger partial charge in [-0.25, -0.2) is 4.98 Å². The molecule has 0 aliphatic carbocycles. The molecule has 2 rings (SSSR count). The minimum absolute atomic E-state index is 0.654. The molecule has 16 heavy (non-hydrogen) atoms. The van der Waals surface area contributed by atoms with E-state index in [2.05, 4.69) is 18.0 Å². The van der Waals surface area contributed by atoms with E-state index in [1.54, 1.807) is 0 Å². The van der Waals surface area contributed by atoms with Gasteiger partial charge in [0, 0.05) is 11.8 Å². The molecule has 0 radical (unpaired) electrons. The average Bonchev–Trinajstić information content (AvgIpc) is 2.31. The molecular weight excluding hydrogens is 198 g/mol. The summed E-state index contributed by atoms with van der Waals surface area (Å²) < 4.78 is 5.65. The Kier molecular flexibility index (Phi) is 3.20. The summed E-state index contributed by atoms with van der Waals surface area (Å²) >= 11 is 0. The topological polar surface area (TPSA) is 22.1 Å². The van der Waals surface area contributed by atoms with Crippen molar-refractivity contribution in [3.8, 4) is 11.6 Å². The van der Waals surface area contributed by atoms with Crippen molar-refractivity contribution >= 4 is 0 Å². The van der Waals surface area contributed by atoms with Gasteiger partial charge in [-0.3, -0.25) is 0 Å².